The zero-order valence-corrected chi connectivity index (χ0v) is 16.5. The Hall–Kier alpha value is -3.90. The first-order valence-electron chi connectivity index (χ1n) is 9.59. The number of aromatic amines is 1. The molecule has 0 atom stereocenters. The second kappa shape index (κ2) is 8.23. The predicted molar refractivity (Wildman–Crippen MR) is 121 cm³/mol. The summed E-state index contributed by atoms with van der Waals surface area (Å²) < 4.78 is 0. The minimum Gasteiger partial charge on any atom is -0.494 e. The van der Waals surface area contributed by atoms with Gasteiger partial charge in [-0.05, 0) is 30.3 Å². The average molecular weight is 398 g/mol. The number of aromatic hydroxyl groups is 1. The maximum Gasteiger partial charge on any atom is 0.240 e. The molecule has 6 nitrogen and oxygen atoms in total. The van der Waals surface area contributed by atoms with Crippen molar-refractivity contribution in [1.29, 1.82) is 0 Å². The number of carbonyl (C=O) groups is 1. The third-order valence-electron chi connectivity index (χ3n) is 5.00. The van der Waals surface area contributed by atoms with Gasteiger partial charge in [-0.2, -0.15) is 0 Å². The third kappa shape index (κ3) is 3.68. The van der Waals surface area contributed by atoms with Gasteiger partial charge in [0.05, 0.1) is 23.5 Å². The molecule has 1 heterocycles. The molecule has 6 heteroatoms. The Kier molecular flexibility index (Phi) is 5.32. The van der Waals surface area contributed by atoms with E-state index in [1.165, 1.54) is 4.90 Å². The van der Waals surface area contributed by atoms with Crippen LogP contribution in [0.2, 0.25) is 0 Å². The summed E-state index contributed by atoms with van der Waals surface area (Å²) in [5.41, 5.74) is 9.92. The number of hydrogen-bond donors (Lipinski definition) is 3. The smallest absolute Gasteiger partial charge is 0.240 e. The number of nitrogens with one attached hydrogen (secondary N) is 1. The van der Waals surface area contributed by atoms with E-state index >= 15 is 0 Å². The molecule has 0 aliphatic heterocycles. The summed E-state index contributed by atoms with van der Waals surface area (Å²) in [7, 11) is 1.69. The first-order chi connectivity index (χ1) is 14.6. The lowest BCUT2D eigenvalue weighted by Gasteiger charge is -2.16. The molecule has 1 amide bonds. The molecule has 4 rings (SSSR count). The molecule has 0 aliphatic rings. The van der Waals surface area contributed by atoms with Crippen molar-refractivity contribution in [2.45, 2.75) is 0 Å². The Morgan fingerprint density at radius 1 is 1.00 bits per heavy atom. The predicted octanol–water partition coefficient (Wildman–Crippen LogP) is 3.96. The first kappa shape index (κ1) is 19.4. The van der Waals surface area contributed by atoms with Crippen LogP contribution < -0.4 is 10.6 Å². The number of likely N-dealkylation sites (N-methyl/N-ethyl adjacent to an activating group) is 1. The van der Waals surface area contributed by atoms with Gasteiger partial charge in [-0.3, -0.25) is 4.79 Å². The Bertz CT molecular complexity index is 1210. The van der Waals surface area contributed by atoms with Crippen LogP contribution in [0.1, 0.15) is 11.1 Å². The van der Waals surface area contributed by atoms with Crippen molar-refractivity contribution < 1.29 is 9.90 Å². The van der Waals surface area contributed by atoms with Gasteiger partial charge in [0.15, 0.2) is 5.88 Å². The lowest BCUT2D eigenvalue weighted by Crippen LogP contribution is -2.32. The fourth-order valence-electron chi connectivity index (χ4n) is 3.39. The van der Waals surface area contributed by atoms with E-state index in [4.69, 9.17) is 10.7 Å². The fraction of sp³-hybridized carbons (Fsp3) is 0.0833. The average Bonchev–Trinajstić information content (AvgIpc) is 3.13. The van der Waals surface area contributed by atoms with Gasteiger partial charge in [-0.1, -0.05) is 48.5 Å². The molecule has 4 N–H and O–H groups in total. The van der Waals surface area contributed by atoms with E-state index in [0.29, 0.717) is 17.0 Å². The summed E-state index contributed by atoms with van der Waals surface area (Å²) in [6.07, 6.45) is 0. The molecule has 150 valence electrons. The number of nitrogens with zero attached hydrogens (tertiary/aromatic N) is 2. The molecule has 0 radical (unpaired) electrons. The number of benzene rings is 3. The van der Waals surface area contributed by atoms with Crippen LogP contribution in [0.4, 0.5) is 11.4 Å². The number of para-hydroxylation sites is 1. The van der Waals surface area contributed by atoms with Gasteiger partial charge in [0, 0.05) is 29.2 Å². The standard InChI is InChI=1S/C24H22N4O2/c1-28(21(29)15-25)18-13-11-17(12-14-18)26-23(16-7-3-2-4-8-16)22-19-9-5-6-10-20(19)27-24(22)30/h2-14,27,30H,15,25H2,1H3. The maximum atomic E-state index is 11.8. The van der Waals surface area contributed by atoms with Crippen LogP contribution in [0.3, 0.4) is 0 Å². The SMILES string of the molecule is CN(C(=O)CN)c1ccc(N=C(c2ccccc2)c2c(O)[nH]c3ccccc23)cc1. The molecule has 0 unspecified atom stereocenters. The quantitative estimate of drug-likeness (QED) is 0.444. The van der Waals surface area contributed by atoms with Gasteiger partial charge < -0.3 is 20.7 Å². The minimum atomic E-state index is -0.167. The van der Waals surface area contributed by atoms with Crippen molar-refractivity contribution in [3.05, 3.63) is 90.0 Å². The molecule has 4 aromatic rings. The summed E-state index contributed by atoms with van der Waals surface area (Å²) >= 11 is 0. The zero-order valence-electron chi connectivity index (χ0n) is 16.5. The molecule has 0 aliphatic carbocycles. The van der Waals surface area contributed by atoms with Crippen molar-refractivity contribution in [1.82, 2.24) is 4.98 Å². The van der Waals surface area contributed by atoms with Gasteiger partial charge in [0.1, 0.15) is 0 Å². The molecule has 0 saturated carbocycles. The molecule has 0 bridgehead atoms. The van der Waals surface area contributed by atoms with Crippen LogP contribution in [0.15, 0.2) is 83.9 Å². The number of carbonyl (C=O) groups excluding carboxylic acids is 1. The second-order valence-corrected chi connectivity index (χ2v) is 6.89. The summed E-state index contributed by atoms with van der Waals surface area (Å²) in [5, 5.41) is 11.5. The maximum absolute atomic E-state index is 11.8. The molecule has 30 heavy (non-hydrogen) atoms. The van der Waals surface area contributed by atoms with E-state index in [-0.39, 0.29) is 18.3 Å². The van der Waals surface area contributed by atoms with Crippen molar-refractivity contribution in [3.63, 3.8) is 0 Å². The Labute approximate surface area is 174 Å². The number of hydrogen-bond acceptors (Lipinski definition) is 4. The number of rotatable bonds is 5. The summed E-state index contributed by atoms with van der Waals surface area (Å²) in [6, 6.07) is 24.8. The molecule has 0 saturated heterocycles. The number of fused-ring (bicyclic) bond motifs is 1. The minimum absolute atomic E-state index is 0.0472. The molecular formula is C24H22N4O2. The van der Waals surface area contributed by atoms with Crippen LogP contribution in [0.5, 0.6) is 5.88 Å². The number of amides is 1. The number of nitrogens with two attached hydrogens (primary N) is 1. The third-order valence-corrected chi connectivity index (χ3v) is 5.00. The largest absolute Gasteiger partial charge is 0.494 e. The zero-order chi connectivity index (χ0) is 21.1. The van der Waals surface area contributed by atoms with Crippen LogP contribution >= 0.6 is 0 Å². The molecule has 0 fully saturated rings. The monoisotopic (exact) mass is 398 g/mol. The highest BCUT2D eigenvalue weighted by atomic mass is 16.3. The van der Waals surface area contributed by atoms with Crippen molar-refractivity contribution in [3.8, 4) is 5.88 Å². The number of aliphatic imine (C=N–C) groups is 1. The highest BCUT2D eigenvalue weighted by molar-refractivity contribution is 6.21. The molecule has 3 aromatic carbocycles. The van der Waals surface area contributed by atoms with Crippen molar-refractivity contribution in [2.75, 3.05) is 18.5 Å². The highest BCUT2D eigenvalue weighted by Crippen LogP contribution is 2.31. The molecular weight excluding hydrogens is 376 g/mol. The topological polar surface area (TPSA) is 94.7 Å². The van der Waals surface area contributed by atoms with E-state index < -0.39 is 0 Å². The number of H-pyrrole nitrogens is 1. The van der Waals surface area contributed by atoms with Crippen molar-refractivity contribution in [2.24, 2.45) is 10.7 Å². The Balaban J connectivity index is 1.82. The van der Waals surface area contributed by atoms with E-state index in [2.05, 4.69) is 4.98 Å². The van der Waals surface area contributed by atoms with Gasteiger partial charge in [-0.15, -0.1) is 0 Å². The first-order valence-corrected chi connectivity index (χ1v) is 9.59. The van der Waals surface area contributed by atoms with Crippen LogP contribution in [-0.2, 0) is 4.79 Å². The summed E-state index contributed by atoms with van der Waals surface area (Å²) in [5.74, 6) is -0.0939. The lowest BCUT2D eigenvalue weighted by atomic mass is 10.0. The number of anilines is 1. The van der Waals surface area contributed by atoms with Gasteiger partial charge in [0.2, 0.25) is 5.91 Å². The molecule has 1 aromatic heterocycles. The van der Waals surface area contributed by atoms with Gasteiger partial charge >= 0.3 is 0 Å². The van der Waals surface area contributed by atoms with E-state index in [9.17, 15) is 9.90 Å². The summed E-state index contributed by atoms with van der Waals surface area (Å²) in [4.78, 5) is 21.2. The van der Waals surface area contributed by atoms with E-state index in [0.717, 1.165) is 22.2 Å². The van der Waals surface area contributed by atoms with Crippen LogP contribution in [-0.4, -0.2) is 35.3 Å². The number of aromatic nitrogens is 1. The van der Waals surface area contributed by atoms with E-state index in [1.54, 1.807) is 7.05 Å². The van der Waals surface area contributed by atoms with Gasteiger partial charge in [0.25, 0.3) is 0 Å². The Morgan fingerprint density at radius 3 is 2.37 bits per heavy atom. The lowest BCUT2D eigenvalue weighted by molar-refractivity contribution is -0.117. The van der Waals surface area contributed by atoms with E-state index in [1.807, 2.05) is 78.9 Å². The summed E-state index contributed by atoms with van der Waals surface area (Å²) in [6.45, 7) is -0.0472. The van der Waals surface area contributed by atoms with Crippen LogP contribution in [0.25, 0.3) is 10.9 Å². The van der Waals surface area contributed by atoms with Gasteiger partial charge in [-0.25, -0.2) is 4.99 Å². The molecule has 0 spiro atoms. The normalized spacial score (nSPS) is 11.6. The fourth-order valence-corrected chi connectivity index (χ4v) is 3.39. The second-order valence-electron chi connectivity index (χ2n) is 6.89. The van der Waals surface area contributed by atoms with Crippen LogP contribution in [0, 0.1) is 0 Å². The highest BCUT2D eigenvalue weighted by Gasteiger charge is 2.18. The Morgan fingerprint density at radius 2 is 1.67 bits per heavy atom. The van der Waals surface area contributed by atoms with Crippen molar-refractivity contribution >= 4 is 33.9 Å².